The number of allylic oxidation sites excluding steroid dienone is 1. The minimum Gasteiger partial charge on any atom is -0.0999 e. The molecule has 0 aromatic carbocycles. The van der Waals surface area contributed by atoms with Crippen LogP contribution in [0.15, 0.2) is 12.2 Å². The standard InChI is InChI=1S/C30H50/c1-20(2)21-12-17-27(5)22(21)13-18-29(7)24(27)10-11-25-28(6)16-9-15-26(3,4)23(28)14-19-30(25,29)8/h21-25H,1,9-19H2,2-8H3/t21-,22-,23-,24-,25+,27-,28-,29+,30+/m0/s1. The summed E-state index contributed by atoms with van der Waals surface area (Å²) in [5.41, 5.74) is 4.26. The fourth-order valence-electron chi connectivity index (χ4n) is 11.9. The average molecular weight is 411 g/mol. The third kappa shape index (κ3) is 2.46. The van der Waals surface area contributed by atoms with Crippen molar-refractivity contribution in [3.8, 4) is 0 Å². The highest BCUT2D eigenvalue weighted by Gasteiger charge is 2.70. The van der Waals surface area contributed by atoms with Crippen LogP contribution in [0.1, 0.15) is 119 Å². The maximum atomic E-state index is 4.43. The van der Waals surface area contributed by atoms with Crippen molar-refractivity contribution in [2.45, 2.75) is 119 Å². The van der Waals surface area contributed by atoms with Crippen LogP contribution < -0.4 is 0 Å². The normalized spacial score (nSPS) is 57.0. The molecule has 0 heterocycles. The number of fused-ring (bicyclic) bond motifs is 7. The van der Waals surface area contributed by atoms with E-state index in [1.54, 1.807) is 0 Å². The Bertz CT molecular complexity index is 730. The van der Waals surface area contributed by atoms with Crippen LogP contribution in [-0.4, -0.2) is 0 Å². The van der Waals surface area contributed by atoms with E-state index in [-0.39, 0.29) is 0 Å². The van der Waals surface area contributed by atoms with Crippen LogP contribution >= 0.6 is 0 Å². The Kier molecular flexibility index (Phi) is 4.61. The molecular weight excluding hydrogens is 360 g/mol. The Labute approximate surface area is 188 Å². The average Bonchev–Trinajstić information content (AvgIpc) is 2.99. The maximum absolute atomic E-state index is 4.43. The second-order valence-electron chi connectivity index (χ2n) is 14.6. The summed E-state index contributed by atoms with van der Waals surface area (Å²) in [7, 11) is 0. The predicted molar refractivity (Wildman–Crippen MR) is 129 cm³/mol. The second kappa shape index (κ2) is 6.41. The monoisotopic (exact) mass is 410 g/mol. The molecule has 5 aliphatic rings. The quantitative estimate of drug-likeness (QED) is 0.378. The van der Waals surface area contributed by atoms with E-state index in [4.69, 9.17) is 0 Å². The molecule has 0 nitrogen and oxygen atoms in total. The van der Waals surface area contributed by atoms with Gasteiger partial charge < -0.3 is 0 Å². The minimum absolute atomic E-state index is 0.542. The first-order valence-electron chi connectivity index (χ1n) is 13.6. The Hall–Kier alpha value is -0.260. The van der Waals surface area contributed by atoms with Gasteiger partial charge in [0.05, 0.1) is 0 Å². The number of hydrogen-bond acceptors (Lipinski definition) is 0. The van der Waals surface area contributed by atoms with Gasteiger partial charge in [-0.2, -0.15) is 0 Å². The Morgan fingerprint density at radius 2 is 1.23 bits per heavy atom. The van der Waals surface area contributed by atoms with Crippen molar-refractivity contribution < 1.29 is 0 Å². The van der Waals surface area contributed by atoms with Crippen LogP contribution in [0.5, 0.6) is 0 Å². The van der Waals surface area contributed by atoms with Gasteiger partial charge in [0.1, 0.15) is 0 Å². The molecular formula is C30H50. The molecule has 0 radical (unpaired) electrons. The molecule has 170 valence electrons. The van der Waals surface area contributed by atoms with Gasteiger partial charge in [0.2, 0.25) is 0 Å². The maximum Gasteiger partial charge on any atom is -0.0175 e. The molecule has 0 unspecified atom stereocenters. The SMILES string of the molecule is C=C(C)[C@@H]1CC[C@@]2(C)[C@H]1CC[C@]1(C)[C@H]2CC[C@@H]2[C@@]3(C)CCCC(C)(C)[C@@H]3CC[C@]21C. The van der Waals surface area contributed by atoms with E-state index in [0.29, 0.717) is 27.1 Å². The highest BCUT2D eigenvalue weighted by molar-refractivity contribution is 5.20. The van der Waals surface area contributed by atoms with E-state index in [0.717, 1.165) is 29.6 Å². The van der Waals surface area contributed by atoms with Crippen LogP contribution in [0, 0.1) is 56.7 Å². The van der Waals surface area contributed by atoms with Crippen molar-refractivity contribution in [2.75, 3.05) is 0 Å². The van der Waals surface area contributed by atoms with Gasteiger partial charge in [-0.1, -0.05) is 60.1 Å². The fourth-order valence-corrected chi connectivity index (χ4v) is 11.9. The minimum atomic E-state index is 0.542. The Morgan fingerprint density at radius 1 is 0.633 bits per heavy atom. The summed E-state index contributed by atoms with van der Waals surface area (Å²) in [4.78, 5) is 0. The fraction of sp³-hybridized carbons (Fsp3) is 0.933. The summed E-state index contributed by atoms with van der Waals surface area (Å²) in [5.74, 6) is 4.54. The molecule has 5 rings (SSSR count). The molecule has 30 heavy (non-hydrogen) atoms. The molecule has 0 aromatic heterocycles. The molecule has 5 fully saturated rings. The van der Waals surface area contributed by atoms with Crippen LogP contribution in [0.4, 0.5) is 0 Å². The molecule has 0 N–H and O–H groups in total. The van der Waals surface area contributed by atoms with E-state index in [1.165, 1.54) is 76.2 Å². The molecule has 0 saturated heterocycles. The van der Waals surface area contributed by atoms with Gasteiger partial charge in [-0.05, 0) is 128 Å². The Morgan fingerprint density at radius 3 is 1.87 bits per heavy atom. The lowest BCUT2D eigenvalue weighted by atomic mass is 9.32. The molecule has 0 bridgehead atoms. The summed E-state index contributed by atoms with van der Waals surface area (Å²) < 4.78 is 0. The largest absolute Gasteiger partial charge is 0.0999 e. The van der Waals surface area contributed by atoms with Gasteiger partial charge in [0.15, 0.2) is 0 Å². The summed E-state index contributed by atoms with van der Waals surface area (Å²) in [6.45, 7) is 23.0. The lowest BCUT2D eigenvalue weighted by molar-refractivity contribution is -0.240. The first-order valence-corrected chi connectivity index (χ1v) is 13.6. The van der Waals surface area contributed by atoms with Crippen molar-refractivity contribution in [3.63, 3.8) is 0 Å². The zero-order valence-electron chi connectivity index (χ0n) is 21.4. The van der Waals surface area contributed by atoms with Crippen molar-refractivity contribution >= 4 is 0 Å². The first-order chi connectivity index (χ1) is 13.9. The van der Waals surface area contributed by atoms with Crippen LogP contribution in [-0.2, 0) is 0 Å². The van der Waals surface area contributed by atoms with E-state index in [1.807, 2.05) is 0 Å². The van der Waals surface area contributed by atoms with E-state index in [9.17, 15) is 0 Å². The molecule has 9 atom stereocenters. The van der Waals surface area contributed by atoms with Crippen LogP contribution in [0.2, 0.25) is 0 Å². The van der Waals surface area contributed by atoms with E-state index < -0.39 is 0 Å². The molecule has 0 aromatic rings. The van der Waals surface area contributed by atoms with E-state index >= 15 is 0 Å². The lowest BCUT2D eigenvalue weighted by Gasteiger charge is -2.73. The summed E-state index contributed by atoms with van der Waals surface area (Å²) >= 11 is 0. The molecule has 0 heteroatoms. The summed E-state index contributed by atoms with van der Waals surface area (Å²) in [6, 6.07) is 0. The molecule has 0 amide bonds. The van der Waals surface area contributed by atoms with Gasteiger partial charge in [0, 0.05) is 0 Å². The van der Waals surface area contributed by atoms with Crippen molar-refractivity contribution in [2.24, 2.45) is 56.7 Å². The van der Waals surface area contributed by atoms with Crippen molar-refractivity contribution in [1.29, 1.82) is 0 Å². The van der Waals surface area contributed by atoms with Gasteiger partial charge in [-0.15, -0.1) is 0 Å². The van der Waals surface area contributed by atoms with Crippen LogP contribution in [0.3, 0.4) is 0 Å². The van der Waals surface area contributed by atoms with Gasteiger partial charge >= 0.3 is 0 Å². The number of hydrogen-bond donors (Lipinski definition) is 0. The second-order valence-corrected chi connectivity index (χ2v) is 14.6. The lowest BCUT2D eigenvalue weighted by Crippen LogP contribution is -2.65. The highest BCUT2D eigenvalue weighted by Crippen LogP contribution is 2.77. The van der Waals surface area contributed by atoms with Gasteiger partial charge in [-0.25, -0.2) is 0 Å². The smallest absolute Gasteiger partial charge is 0.0175 e. The summed E-state index contributed by atoms with van der Waals surface area (Å²) in [5, 5.41) is 0. The molecule has 5 saturated carbocycles. The van der Waals surface area contributed by atoms with Gasteiger partial charge in [-0.3, -0.25) is 0 Å². The predicted octanol–water partition coefficient (Wildman–Crippen LogP) is 9.05. The third-order valence-corrected chi connectivity index (χ3v) is 13.3. The first kappa shape index (κ1) is 21.6. The molecule has 0 aliphatic heterocycles. The topological polar surface area (TPSA) is 0 Å². The molecule has 5 aliphatic carbocycles. The Balaban J connectivity index is 1.53. The zero-order chi connectivity index (χ0) is 21.7. The zero-order valence-corrected chi connectivity index (χ0v) is 21.4. The van der Waals surface area contributed by atoms with Crippen LogP contribution in [0.25, 0.3) is 0 Å². The third-order valence-electron chi connectivity index (χ3n) is 13.3. The van der Waals surface area contributed by atoms with Crippen molar-refractivity contribution in [3.05, 3.63) is 12.2 Å². The number of rotatable bonds is 1. The van der Waals surface area contributed by atoms with Crippen molar-refractivity contribution in [1.82, 2.24) is 0 Å². The van der Waals surface area contributed by atoms with E-state index in [2.05, 4.69) is 55.0 Å². The highest BCUT2D eigenvalue weighted by atomic mass is 14.7. The summed E-state index contributed by atoms with van der Waals surface area (Å²) in [6.07, 6.45) is 16.3. The van der Waals surface area contributed by atoms with Gasteiger partial charge in [0.25, 0.3) is 0 Å². The molecule has 0 spiro atoms.